The lowest BCUT2D eigenvalue weighted by atomic mass is 10.2. The van der Waals surface area contributed by atoms with Crippen molar-refractivity contribution in [1.29, 1.82) is 0 Å². The second kappa shape index (κ2) is 5.97. The number of pyridine rings is 1. The average Bonchev–Trinajstić information content (AvgIpc) is 2.53. The second-order valence-electron chi connectivity index (χ2n) is 4.62. The number of benzene rings is 1. The first-order chi connectivity index (χ1) is 10.2. The molecule has 0 radical (unpaired) electrons. The van der Waals surface area contributed by atoms with E-state index in [1.165, 1.54) is 0 Å². The number of ether oxygens (including phenoxy) is 2. The first kappa shape index (κ1) is 13.6. The zero-order valence-electron chi connectivity index (χ0n) is 11.2. The van der Waals surface area contributed by atoms with E-state index in [0.717, 1.165) is 5.75 Å². The number of fused-ring (bicyclic) bond motifs is 1. The fraction of sp³-hybridized carbons (Fsp3) is 0.200. The van der Waals surface area contributed by atoms with Crippen LogP contribution in [-0.4, -0.2) is 30.1 Å². The van der Waals surface area contributed by atoms with Crippen LogP contribution in [0.25, 0.3) is 0 Å². The third-order valence-corrected chi connectivity index (χ3v) is 3.46. The topological polar surface area (TPSA) is 63.4 Å². The lowest BCUT2D eigenvalue weighted by Gasteiger charge is -2.26. The predicted molar refractivity (Wildman–Crippen MR) is 80.3 cm³/mol. The number of carbonyl (C=O) groups excluding carboxylic acids is 1. The minimum Gasteiger partial charge on any atom is -0.486 e. The highest BCUT2D eigenvalue weighted by Crippen LogP contribution is 2.30. The number of aromatic amines is 1. The number of rotatable bonds is 3. The fourth-order valence-electron chi connectivity index (χ4n) is 2.07. The van der Waals surface area contributed by atoms with Gasteiger partial charge in [0.05, 0.1) is 12.1 Å². The molecule has 0 fully saturated rings. The zero-order valence-corrected chi connectivity index (χ0v) is 12.0. The summed E-state index contributed by atoms with van der Waals surface area (Å²) in [6.07, 6.45) is 1.47. The van der Waals surface area contributed by atoms with Crippen molar-refractivity contribution < 1.29 is 14.3 Å². The van der Waals surface area contributed by atoms with Crippen molar-refractivity contribution in [2.24, 2.45) is 0 Å². The highest BCUT2D eigenvalue weighted by atomic mass is 32.1. The molecule has 1 unspecified atom stereocenters. The normalized spacial score (nSPS) is 16.3. The molecule has 0 aliphatic carbocycles. The standard InChI is InChI=1S/C15H14N2O3S/c18-14(11-4-3-7-16-15(11)21)17-8-10-9-19-12-5-1-2-6-13(12)20-10/h1-7,10H,8-9H2,(H,16,21)(H,17,18). The van der Waals surface area contributed by atoms with Gasteiger partial charge in [-0.2, -0.15) is 0 Å². The number of carbonyl (C=O) groups is 1. The number of hydrogen-bond donors (Lipinski definition) is 2. The number of H-pyrrole nitrogens is 1. The Bertz CT molecular complexity index is 714. The van der Waals surface area contributed by atoms with Gasteiger partial charge >= 0.3 is 0 Å². The second-order valence-corrected chi connectivity index (χ2v) is 5.03. The van der Waals surface area contributed by atoms with E-state index in [-0.39, 0.29) is 12.0 Å². The largest absolute Gasteiger partial charge is 0.486 e. The number of nitrogens with one attached hydrogen (secondary N) is 2. The maximum Gasteiger partial charge on any atom is 0.254 e. The molecule has 5 nitrogen and oxygen atoms in total. The Morgan fingerprint density at radius 3 is 2.90 bits per heavy atom. The molecule has 108 valence electrons. The molecule has 1 atom stereocenters. The molecule has 21 heavy (non-hydrogen) atoms. The maximum absolute atomic E-state index is 12.1. The van der Waals surface area contributed by atoms with E-state index in [9.17, 15) is 4.79 Å². The van der Waals surface area contributed by atoms with Crippen LogP contribution in [0.5, 0.6) is 11.5 Å². The summed E-state index contributed by atoms with van der Waals surface area (Å²) in [5, 5.41) is 2.81. The molecule has 1 amide bonds. The predicted octanol–water partition coefficient (Wildman–Crippen LogP) is 2.31. The van der Waals surface area contributed by atoms with Gasteiger partial charge in [0.2, 0.25) is 0 Å². The van der Waals surface area contributed by atoms with Crippen LogP contribution in [-0.2, 0) is 0 Å². The van der Waals surface area contributed by atoms with E-state index in [0.29, 0.717) is 29.1 Å². The van der Waals surface area contributed by atoms with Gasteiger partial charge in [-0.15, -0.1) is 0 Å². The minimum absolute atomic E-state index is 0.217. The van der Waals surface area contributed by atoms with Crippen molar-refractivity contribution in [3.8, 4) is 11.5 Å². The van der Waals surface area contributed by atoms with Crippen LogP contribution >= 0.6 is 12.2 Å². The van der Waals surface area contributed by atoms with Gasteiger partial charge in [0, 0.05) is 6.20 Å². The highest BCUT2D eigenvalue weighted by Gasteiger charge is 2.21. The van der Waals surface area contributed by atoms with Gasteiger partial charge in [0.1, 0.15) is 17.4 Å². The van der Waals surface area contributed by atoms with Gasteiger partial charge in [-0.1, -0.05) is 24.4 Å². The summed E-state index contributed by atoms with van der Waals surface area (Å²) in [5.41, 5.74) is 0.449. The van der Waals surface area contributed by atoms with Crippen LogP contribution in [0, 0.1) is 4.64 Å². The molecule has 0 saturated carbocycles. The van der Waals surface area contributed by atoms with Crippen LogP contribution in [0.3, 0.4) is 0 Å². The fourth-order valence-corrected chi connectivity index (χ4v) is 2.29. The summed E-state index contributed by atoms with van der Waals surface area (Å²) in [5.74, 6) is 1.20. The van der Waals surface area contributed by atoms with Crippen LogP contribution in [0.1, 0.15) is 10.4 Å². The Balaban J connectivity index is 1.61. The van der Waals surface area contributed by atoms with Crippen molar-refractivity contribution >= 4 is 18.1 Å². The molecule has 6 heteroatoms. The van der Waals surface area contributed by atoms with Gasteiger partial charge in [0.25, 0.3) is 5.91 Å². The first-order valence-corrected chi connectivity index (χ1v) is 6.99. The van der Waals surface area contributed by atoms with Crippen molar-refractivity contribution in [3.05, 3.63) is 52.8 Å². The van der Waals surface area contributed by atoms with Crippen molar-refractivity contribution in [1.82, 2.24) is 10.3 Å². The minimum atomic E-state index is -0.223. The van der Waals surface area contributed by atoms with Gasteiger partial charge in [-0.25, -0.2) is 0 Å². The number of para-hydroxylation sites is 2. The molecule has 1 aromatic carbocycles. The Kier molecular flexibility index (Phi) is 3.87. The molecule has 2 aromatic rings. The van der Waals surface area contributed by atoms with Crippen molar-refractivity contribution in [2.75, 3.05) is 13.2 Å². The van der Waals surface area contributed by atoms with Gasteiger partial charge in [-0.05, 0) is 24.3 Å². The molecule has 0 spiro atoms. The van der Waals surface area contributed by atoms with E-state index in [2.05, 4.69) is 10.3 Å². The van der Waals surface area contributed by atoms with Crippen LogP contribution in [0.2, 0.25) is 0 Å². The molecule has 0 bridgehead atoms. The molecular weight excluding hydrogens is 288 g/mol. The quantitative estimate of drug-likeness (QED) is 0.854. The smallest absolute Gasteiger partial charge is 0.254 e. The third-order valence-electron chi connectivity index (χ3n) is 3.12. The van der Waals surface area contributed by atoms with E-state index in [4.69, 9.17) is 21.7 Å². The number of amides is 1. The lowest BCUT2D eigenvalue weighted by molar-refractivity contribution is 0.0789. The molecule has 0 saturated heterocycles. The maximum atomic E-state index is 12.1. The molecule has 2 heterocycles. The molecular formula is C15H14N2O3S. The summed E-state index contributed by atoms with van der Waals surface area (Å²) in [4.78, 5) is 14.9. The summed E-state index contributed by atoms with van der Waals surface area (Å²) < 4.78 is 11.8. The van der Waals surface area contributed by atoms with E-state index >= 15 is 0 Å². The summed E-state index contributed by atoms with van der Waals surface area (Å²) in [6.45, 7) is 0.760. The monoisotopic (exact) mass is 302 g/mol. The zero-order chi connectivity index (χ0) is 14.7. The number of aromatic nitrogens is 1. The summed E-state index contributed by atoms with van der Waals surface area (Å²) >= 11 is 5.08. The van der Waals surface area contributed by atoms with Crippen LogP contribution in [0.4, 0.5) is 0 Å². The Morgan fingerprint density at radius 2 is 2.10 bits per heavy atom. The summed E-state index contributed by atoms with van der Waals surface area (Å²) in [7, 11) is 0. The highest BCUT2D eigenvalue weighted by molar-refractivity contribution is 7.71. The van der Waals surface area contributed by atoms with Gasteiger partial charge in [-0.3, -0.25) is 4.79 Å². The summed E-state index contributed by atoms with van der Waals surface area (Å²) in [6, 6.07) is 10.9. The molecule has 3 rings (SSSR count). The first-order valence-electron chi connectivity index (χ1n) is 6.58. The molecule has 1 aliphatic heterocycles. The Labute approximate surface area is 126 Å². The average molecular weight is 302 g/mol. The van der Waals surface area contributed by atoms with E-state index < -0.39 is 0 Å². The SMILES string of the molecule is O=C(NCC1COc2ccccc2O1)c1ccc[nH]c1=S. The Morgan fingerprint density at radius 1 is 1.29 bits per heavy atom. The molecule has 2 N–H and O–H groups in total. The number of hydrogen-bond acceptors (Lipinski definition) is 4. The molecule has 1 aromatic heterocycles. The van der Waals surface area contributed by atoms with E-state index in [1.54, 1.807) is 18.3 Å². The molecule has 1 aliphatic rings. The van der Waals surface area contributed by atoms with Crippen molar-refractivity contribution in [2.45, 2.75) is 6.10 Å². The lowest BCUT2D eigenvalue weighted by Crippen LogP contribution is -2.40. The van der Waals surface area contributed by atoms with E-state index in [1.807, 2.05) is 24.3 Å². The van der Waals surface area contributed by atoms with Crippen molar-refractivity contribution in [3.63, 3.8) is 0 Å². The Hall–Kier alpha value is -2.34. The van der Waals surface area contributed by atoms with Crippen LogP contribution < -0.4 is 14.8 Å². The third kappa shape index (κ3) is 3.05. The van der Waals surface area contributed by atoms with Gasteiger partial charge in [0.15, 0.2) is 11.5 Å². The van der Waals surface area contributed by atoms with Crippen LogP contribution in [0.15, 0.2) is 42.6 Å². The van der Waals surface area contributed by atoms with Gasteiger partial charge < -0.3 is 19.8 Å².